The molecule has 2 aliphatic rings. The van der Waals surface area contributed by atoms with Crippen LogP contribution in [0.3, 0.4) is 0 Å². The summed E-state index contributed by atoms with van der Waals surface area (Å²) in [5.41, 5.74) is 3.60. The molecule has 1 aliphatic heterocycles. The Bertz CT molecular complexity index is 648. The highest BCUT2D eigenvalue weighted by atomic mass is 15.2. The standard InChI is InChI=1S/C18H23N3/c1-13-10-14(17-4-2-3-5-18(17)20-13)11-19-15-8-9-21(12-15)16-6-7-16/h2-5,10,15-16,19H,6-9,11-12H2,1H3. The topological polar surface area (TPSA) is 28.2 Å². The van der Waals surface area contributed by atoms with Crippen LogP contribution in [0.2, 0.25) is 0 Å². The van der Waals surface area contributed by atoms with Crippen LogP contribution in [0.1, 0.15) is 30.5 Å². The summed E-state index contributed by atoms with van der Waals surface area (Å²) in [6.07, 6.45) is 4.13. The third kappa shape index (κ3) is 2.81. The molecule has 0 spiro atoms. The number of rotatable bonds is 4. The van der Waals surface area contributed by atoms with Gasteiger partial charge in [-0.25, -0.2) is 0 Å². The smallest absolute Gasteiger partial charge is 0.0708 e. The van der Waals surface area contributed by atoms with E-state index in [1.807, 2.05) is 0 Å². The number of nitrogens with zero attached hydrogens (tertiary/aromatic N) is 2. The number of hydrogen-bond donors (Lipinski definition) is 1. The zero-order valence-electron chi connectivity index (χ0n) is 12.7. The molecule has 1 saturated heterocycles. The van der Waals surface area contributed by atoms with E-state index in [0.717, 1.165) is 23.8 Å². The molecule has 21 heavy (non-hydrogen) atoms. The second-order valence-electron chi connectivity index (χ2n) is 6.53. The molecule has 1 aromatic heterocycles. The summed E-state index contributed by atoms with van der Waals surface area (Å²) in [4.78, 5) is 7.28. The van der Waals surface area contributed by atoms with Crippen molar-refractivity contribution in [3.63, 3.8) is 0 Å². The number of hydrogen-bond acceptors (Lipinski definition) is 3. The maximum atomic E-state index is 4.62. The van der Waals surface area contributed by atoms with Crippen molar-refractivity contribution in [3.05, 3.63) is 41.6 Å². The van der Waals surface area contributed by atoms with Crippen molar-refractivity contribution in [2.24, 2.45) is 0 Å². The molecule has 2 aromatic rings. The normalized spacial score (nSPS) is 23.0. The third-order valence-corrected chi connectivity index (χ3v) is 4.79. The van der Waals surface area contributed by atoms with Crippen LogP contribution in [0.25, 0.3) is 10.9 Å². The molecule has 1 N–H and O–H groups in total. The van der Waals surface area contributed by atoms with Gasteiger partial charge in [-0.05, 0) is 43.9 Å². The van der Waals surface area contributed by atoms with Crippen molar-refractivity contribution in [3.8, 4) is 0 Å². The van der Waals surface area contributed by atoms with Gasteiger partial charge < -0.3 is 5.32 Å². The van der Waals surface area contributed by atoms with Crippen LogP contribution in [-0.4, -0.2) is 35.1 Å². The number of benzene rings is 1. The van der Waals surface area contributed by atoms with E-state index in [9.17, 15) is 0 Å². The highest BCUT2D eigenvalue weighted by Crippen LogP contribution is 2.30. The number of aromatic nitrogens is 1. The molecule has 1 unspecified atom stereocenters. The highest BCUT2D eigenvalue weighted by Gasteiger charge is 2.34. The minimum absolute atomic E-state index is 0.651. The molecule has 2 heterocycles. The minimum Gasteiger partial charge on any atom is -0.309 e. The van der Waals surface area contributed by atoms with Crippen molar-refractivity contribution in [2.45, 2.75) is 44.8 Å². The number of fused-ring (bicyclic) bond motifs is 1. The van der Waals surface area contributed by atoms with E-state index >= 15 is 0 Å². The van der Waals surface area contributed by atoms with Crippen LogP contribution in [0, 0.1) is 6.92 Å². The average Bonchev–Trinajstić information content (AvgIpc) is 3.24. The Morgan fingerprint density at radius 2 is 2.10 bits per heavy atom. The van der Waals surface area contributed by atoms with Gasteiger partial charge in [0.2, 0.25) is 0 Å². The van der Waals surface area contributed by atoms with E-state index in [4.69, 9.17) is 0 Å². The van der Waals surface area contributed by atoms with Crippen molar-refractivity contribution in [1.29, 1.82) is 0 Å². The first-order valence-corrected chi connectivity index (χ1v) is 8.12. The molecule has 0 bridgehead atoms. The number of pyridine rings is 1. The fourth-order valence-electron chi connectivity index (χ4n) is 3.52. The Morgan fingerprint density at radius 1 is 1.24 bits per heavy atom. The first-order valence-electron chi connectivity index (χ1n) is 8.12. The number of likely N-dealkylation sites (tertiary alicyclic amines) is 1. The maximum Gasteiger partial charge on any atom is 0.0708 e. The number of nitrogens with one attached hydrogen (secondary N) is 1. The molecule has 0 amide bonds. The van der Waals surface area contributed by atoms with Gasteiger partial charge in [0.1, 0.15) is 0 Å². The van der Waals surface area contributed by atoms with E-state index in [2.05, 4.69) is 52.5 Å². The lowest BCUT2D eigenvalue weighted by atomic mass is 10.1. The fourth-order valence-corrected chi connectivity index (χ4v) is 3.52. The molecule has 4 rings (SSSR count). The molecule has 1 atom stereocenters. The van der Waals surface area contributed by atoms with Gasteiger partial charge in [0.15, 0.2) is 0 Å². The molecule has 2 fully saturated rings. The predicted molar refractivity (Wildman–Crippen MR) is 86.3 cm³/mol. The highest BCUT2D eigenvalue weighted by molar-refractivity contribution is 5.82. The summed E-state index contributed by atoms with van der Waals surface area (Å²) in [6, 6.07) is 12.2. The van der Waals surface area contributed by atoms with Gasteiger partial charge in [-0.3, -0.25) is 9.88 Å². The monoisotopic (exact) mass is 281 g/mol. The maximum absolute atomic E-state index is 4.62. The van der Waals surface area contributed by atoms with Gasteiger partial charge in [0.25, 0.3) is 0 Å². The second-order valence-corrected chi connectivity index (χ2v) is 6.53. The van der Waals surface area contributed by atoms with Crippen molar-refractivity contribution >= 4 is 10.9 Å². The first-order chi connectivity index (χ1) is 10.3. The van der Waals surface area contributed by atoms with Crippen LogP contribution in [0.15, 0.2) is 30.3 Å². The lowest BCUT2D eigenvalue weighted by molar-refractivity contribution is 0.317. The van der Waals surface area contributed by atoms with E-state index in [1.165, 1.54) is 43.3 Å². The molecular weight excluding hydrogens is 258 g/mol. The van der Waals surface area contributed by atoms with Gasteiger partial charge in [-0.1, -0.05) is 18.2 Å². The first kappa shape index (κ1) is 13.2. The minimum atomic E-state index is 0.651. The largest absolute Gasteiger partial charge is 0.309 e. The van der Waals surface area contributed by atoms with Gasteiger partial charge in [0, 0.05) is 42.8 Å². The van der Waals surface area contributed by atoms with Crippen molar-refractivity contribution in [2.75, 3.05) is 13.1 Å². The summed E-state index contributed by atoms with van der Waals surface area (Å²) < 4.78 is 0. The Kier molecular flexibility index (Phi) is 3.40. The van der Waals surface area contributed by atoms with Crippen LogP contribution in [-0.2, 0) is 6.54 Å². The molecule has 1 aromatic carbocycles. The van der Waals surface area contributed by atoms with Gasteiger partial charge in [0.05, 0.1) is 5.52 Å². The Hall–Kier alpha value is -1.45. The van der Waals surface area contributed by atoms with E-state index < -0.39 is 0 Å². The summed E-state index contributed by atoms with van der Waals surface area (Å²) >= 11 is 0. The Morgan fingerprint density at radius 3 is 2.95 bits per heavy atom. The fraction of sp³-hybridized carbons (Fsp3) is 0.500. The summed E-state index contributed by atoms with van der Waals surface area (Å²) in [5.74, 6) is 0. The quantitative estimate of drug-likeness (QED) is 0.934. The van der Waals surface area contributed by atoms with Crippen LogP contribution in [0.4, 0.5) is 0 Å². The van der Waals surface area contributed by atoms with Crippen LogP contribution in [0.5, 0.6) is 0 Å². The predicted octanol–water partition coefficient (Wildman–Crippen LogP) is 2.87. The molecule has 3 heteroatoms. The zero-order valence-corrected chi connectivity index (χ0v) is 12.7. The number of para-hydroxylation sites is 1. The molecule has 110 valence electrons. The Balaban J connectivity index is 1.47. The lowest BCUT2D eigenvalue weighted by Crippen LogP contribution is -2.32. The van der Waals surface area contributed by atoms with Gasteiger partial charge in [-0.15, -0.1) is 0 Å². The van der Waals surface area contributed by atoms with E-state index in [0.29, 0.717) is 6.04 Å². The second kappa shape index (κ2) is 5.39. The molecular formula is C18H23N3. The average molecular weight is 281 g/mol. The van der Waals surface area contributed by atoms with Crippen LogP contribution < -0.4 is 5.32 Å². The summed E-state index contributed by atoms with van der Waals surface area (Å²) in [5, 5.41) is 5.05. The molecule has 1 aliphatic carbocycles. The molecule has 1 saturated carbocycles. The van der Waals surface area contributed by atoms with Crippen molar-refractivity contribution in [1.82, 2.24) is 15.2 Å². The molecule has 0 radical (unpaired) electrons. The lowest BCUT2D eigenvalue weighted by Gasteiger charge is -2.16. The van der Waals surface area contributed by atoms with Crippen molar-refractivity contribution < 1.29 is 0 Å². The van der Waals surface area contributed by atoms with Gasteiger partial charge >= 0.3 is 0 Å². The number of aryl methyl sites for hydroxylation is 1. The Labute approximate surface area is 126 Å². The SMILES string of the molecule is Cc1cc(CNC2CCN(C3CC3)C2)c2ccccc2n1. The van der Waals surface area contributed by atoms with Gasteiger partial charge in [-0.2, -0.15) is 0 Å². The zero-order chi connectivity index (χ0) is 14.2. The summed E-state index contributed by atoms with van der Waals surface area (Å²) in [7, 11) is 0. The molecule has 3 nitrogen and oxygen atoms in total. The summed E-state index contributed by atoms with van der Waals surface area (Å²) in [6.45, 7) is 5.54. The van der Waals surface area contributed by atoms with E-state index in [1.54, 1.807) is 0 Å². The third-order valence-electron chi connectivity index (χ3n) is 4.79. The van der Waals surface area contributed by atoms with E-state index in [-0.39, 0.29) is 0 Å². The van der Waals surface area contributed by atoms with Crippen LogP contribution >= 0.6 is 0 Å².